The molecule has 6 unspecified atom stereocenters. The lowest BCUT2D eigenvalue weighted by Crippen LogP contribution is -2.44. The van der Waals surface area contributed by atoms with Crippen LogP contribution in [0.5, 0.6) is 0 Å². The van der Waals surface area contributed by atoms with E-state index in [2.05, 4.69) is 48.5 Å². The summed E-state index contributed by atoms with van der Waals surface area (Å²) in [5.41, 5.74) is 0.0702. The van der Waals surface area contributed by atoms with E-state index in [1.54, 1.807) is 0 Å². The predicted molar refractivity (Wildman–Crippen MR) is 113 cm³/mol. The maximum Gasteiger partial charge on any atom is 0.0892 e. The lowest BCUT2D eigenvalue weighted by molar-refractivity contribution is -0.133. The number of rotatable bonds is 11. The van der Waals surface area contributed by atoms with Gasteiger partial charge in [0.25, 0.3) is 0 Å². The van der Waals surface area contributed by atoms with Gasteiger partial charge in [-0.3, -0.25) is 0 Å². The number of ether oxygens (including phenoxy) is 4. The molecule has 0 aromatic carbocycles. The van der Waals surface area contributed by atoms with Gasteiger partial charge in [0.2, 0.25) is 0 Å². The van der Waals surface area contributed by atoms with E-state index in [9.17, 15) is 0 Å². The Balaban J connectivity index is 1.44. The second-order valence-corrected chi connectivity index (χ2v) is 11.0. The summed E-state index contributed by atoms with van der Waals surface area (Å²) in [6, 6.07) is 0. The molecule has 0 saturated carbocycles. The first kappa shape index (κ1) is 22.5. The molecule has 3 heterocycles. The zero-order valence-corrected chi connectivity index (χ0v) is 19.4. The standard InChI is InChI=1S/C24H44O4/c1-17(8-11-20-22(3,4)27-20)13-15-26-24(7,14-12-21-23(5,6)28-21)19-10-9-18(2)25-16-19/h17-21H,8-16H2,1-7H3. The molecule has 28 heavy (non-hydrogen) atoms. The van der Waals surface area contributed by atoms with Crippen molar-refractivity contribution in [3.05, 3.63) is 0 Å². The Morgan fingerprint density at radius 2 is 1.61 bits per heavy atom. The van der Waals surface area contributed by atoms with Crippen molar-refractivity contribution in [3.8, 4) is 0 Å². The molecular weight excluding hydrogens is 352 g/mol. The third kappa shape index (κ3) is 5.93. The van der Waals surface area contributed by atoms with E-state index in [4.69, 9.17) is 18.9 Å². The molecule has 164 valence electrons. The van der Waals surface area contributed by atoms with Gasteiger partial charge in [0.1, 0.15) is 0 Å². The first-order valence-corrected chi connectivity index (χ1v) is 11.6. The van der Waals surface area contributed by atoms with E-state index < -0.39 is 0 Å². The third-order valence-electron chi connectivity index (χ3n) is 7.56. The van der Waals surface area contributed by atoms with E-state index in [0.29, 0.717) is 30.1 Å². The topological polar surface area (TPSA) is 43.5 Å². The van der Waals surface area contributed by atoms with Crippen LogP contribution in [0.2, 0.25) is 0 Å². The smallest absolute Gasteiger partial charge is 0.0892 e. The van der Waals surface area contributed by atoms with Crippen molar-refractivity contribution in [1.82, 2.24) is 0 Å². The van der Waals surface area contributed by atoms with Crippen molar-refractivity contribution >= 4 is 0 Å². The average Bonchev–Trinajstić information content (AvgIpc) is 3.45. The molecule has 4 heteroatoms. The molecule has 3 fully saturated rings. The van der Waals surface area contributed by atoms with Crippen LogP contribution < -0.4 is 0 Å². The molecule has 3 rings (SSSR count). The number of epoxide rings is 2. The maximum absolute atomic E-state index is 6.62. The highest BCUT2D eigenvalue weighted by molar-refractivity contribution is 4.97. The second kappa shape index (κ2) is 8.53. The van der Waals surface area contributed by atoms with Crippen molar-refractivity contribution in [1.29, 1.82) is 0 Å². The van der Waals surface area contributed by atoms with Gasteiger partial charge in [-0.2, -0.15) is 0 Å². The molecule has 3 aliphatic heterocycles. The molecule has 0 N–H and O–H groups in total. The Morgan fingerprint density at radius 1 is 1.00 bits per heavy atom. The minimum atomic E-state index is -0.108. The van der Waals surface area contributed by atoms with Gasteiger partial charge in [0.05, 0.1) is 41.7 Å². The summed E-state index contributed by atoms with van der Waals surface area (Å²) in [6.07, 6.45) is 9.25. The predicted octanol–water partition coefficient (Wildman–Crippen LogP) is 5.52. The fourth-order valence-corrected chi connectivity index (χ4v) is 4.73. The van der Waals surface area contributed by atoms with Crippen LogP contribution in [0.3, 0.4) is 0 Å². The molecule has 0 bridgehead atoms. The zero-order chi connectivity index (χ0) is 20.6. The van der Waals surface area contributed by atoms with Crippen molar-refractivity contribution < 1.29 is 18.9 Å². The molecule has 3 saturated heterocycles. The van der Waals surface area contributed by atoms with Crippen molar-refractivity contribution in [2.75, 3.05) is 13.2 Å². The highest BCUT2D eigenvalue weighted by Gasteiger charge is 2.49. The highest BCUT2D eigenvalue weighted by Crippen LogP contribution is 2.43. The summed E-state index contributed by atoms with van der Waals surface area (Å²) in [7, 11) is 0. The van der Waals surface area contributed by atoms with Gasteiger partial charge in [0, 0.05) is 12.5 Å². The van der Waals surface area contributed by atoms with E-state index in [-0.39, 0.29) is 16.8 Å². The maximum atomic E-state index is 6.62. The largest absolute Gasteiger partial charge is 0.378 e. The summed E-state index contributed by atoms with van der Waals surface area (Å²) in [5, 5.41) is 0. The summed E-state index contributed by atoms with van der Waals surface area (Å²) < 4.78 is 24.2. The van der Waals surface area contributed by atoms with Crippen LogP contribution in [0.15, 0.2) is 0 Å². The molecule has 0 amide bonds. The molecule has 0 spiro atoms. The van der Waals surface area contributed by atoms with E-state index >= 15 is 0 Å². The van der Waals surface area contributed by atoms with Crippen molar-refractivity contribution in [2.45, 2.75) is 129 Å². The molecule has 3 aliphatic rings. The Kier molecular flexibility index (Phi) is 6.86. The van der Waals surface area contributed by atoms with Gasteiger partial charge in [-0.05, 0) is 92.4 Å². The van der Waals surface area contributed by atoms with Crippen LogP contribution >= 0.6 is 0 Å². The van der Waals surface area contributed by atoms with Gasteiger partial charge in [0.15, 0.2) is 0 Å². The normalized spacial score (nSPS) is 36.5. The molecule has 0 radical (unpaired) electrons. The first-order valence-electron chi connectivity index (χ1n) is 11.6. The molecule has 4 nitrogen and oxygen atoms in total. The third-order valence-corrected chi connectivity index (χ3v) is 7.56. The van der Waals surface area contributed by atoms with Gasteiger partial charge < -0.3 is 18.9 Å². The highest BCUT2D eigenvalue weighted by atomic mass is 16.6. The van der Waals surface area contributed by atoms with E-state index in [1.165, 1.54) is 19.3 Å². The monoisotopic (exact) mass is 396 g/mol. The number of hydrogen-bond acceptors (Lipinski definition) is 4. The van der Waals surface area contributed by atoms with E-state index in [1.807, 2.05) is 0 Å². The number of hydrogen-bond donors (Lipinski definition) is 0. The Labute approximate surface area is 173 Å². The van der Waals surface area contributed by atoms with Crippen molar-refractivity contribution in [2.24, 2.45) is 11.8 Å². The van der Waals surface area contributed by atoms with Gasteiger partial charge in [-0.1, -0.05) is 6.92 Å². The SMILES string of the molecule is CC(CCOC(C)(CCC1OC1(C)C)C1CCC(C)OC1)CCC1OC1(C)C. The summed E-state index contributed by atoms with van der Waals surface area (Å²) >= 11 is 0. The van der Waals surface area contributed by atoms with Crippen LogP contribution in [0, 0.1) is 11.8 Å². The Morgan fingerprint density at radius 3 is 2.14 bits per heavy atom. The van der Waals surface area contributed by atoms with Crippen LogP contribution in [0.25, 0.3) is 0 Å². The molecule has 0 aromatic heterocycles. The summed E-state index contributed by atoms with van der Waals surface area (Å²) in [6.45, 7) is 17.3. The minimum Gasteiger partial charge on any atom is -0.378 e. The second-order valence-electron chi connectivity index (χ2n) is 11.0. The zero-order valence-electron chi connectivity index (χ0n) is 19.4. The first-order chi connectivity index (χ1) is 13.0. The van der Waals surface area contributed by atoms with Crippen LogP contribution in [0.1, 0.15) is 93.4 Å². The lowest BCUT2D eigenvalue weighted by Gasteiger charge is -2.41. The quantitative estimate of drug-likeness (QED) is 0.431. The Hall–Kier alpha value is -0.160. The molecular formula is C24H44O4. The lowest BCUT2D eigenvalue weighted by atomic mass is 9.79. The van der Waals surface area contributed by atoms with Crippen LogP contribution in [0.4, 0.5) is 0 Å². The minimum absolute atomic E-state index is 0.0612. The van der Waals surface area contributed by atoms with Crippen molar-refractivity contribution in [3.63, 3.8) is 0 Å². The average molecular weight is 397 g/mol. The molecule has 0 aromatic rings. The van der Waals surface area contributed by atoms with E-state index in [0.717, 1.165) is 38.9 Å². The Bertz CT molecular complexity index is 509. The van der Waals surface area contributed by atoms with Crippen LogP contribution in [-0.2, 0) is 18.9 Å². The fourth-order valence-electron chi connectivity index (χ4n) is 4.73. The molecule has 6 atom stereocenters. The van der Waals surface area contributed by atoms with Crippen LogP contribution in [-0.4, -0.2) is 48.3 Å². The summed E-state index contributed by atoms with van der Waals surface area (Å²) in [4.78, 5) is 0. The van der Waals surface area contributed by atoms with Gasteiger partial charge in [-0.15, -0.1) is 0 Å². The van der Waals surface area contributed by atoms with Gasteiger partial charge >= 0.3 is 0 Å². The van der Waals surface area contributed by atoms with Gasteiger partial charge in [-0.25, -0.2) is 0 Å². The summed E-state index contributed by atoms with van der Waals surface area (Å²) in [5.74, 6) is 1.17. The fraction of sp³-hybridized carbons (Fsp3) is 1.00. The molecule has 0 aliphatic carbocycles.